The summed E-state index contributed by atoms with van der Waals surface area (Å²) in [7, 11) is 2.11. The second-order valence-electron chi connectivity index (χ2n) is 5.70. The molecule has 0 radical (unpaired) electrons. The first-order valence-corrected chi connectivity index (χ1v) is 8.63. The van der Waals surface area contributed by atoms with Crippen molar-refractivity contribution in [1.29, 1.82) is 0 Å². The zero-order valence-electron chi connectivity index (χ0n) is 10.3. The first-order valence-electron chi connectivity index (χ1n) is 6.67. The van der Waals surface area contributed by atoms with Gasteiger partial charge >= 0.3 is 0 Å². The molecule has 0 saturated heterocycles. The summed E-state index contributed by atoms with van der Waals surface area (Å²) < 4.78 is 1.41. The molecule has 0 aromatic carbocycles. The van der Waals surface area contributed by atoms with E-state index < -0.39 is 0 Å². The van der Waals surface area contributed by atoms with Gasteiger partial charge in [-0.25, -0.2) is 0 Å². The number of halogens is 1. The van der Waals surface area contributed by atoms with Crippen LogP contribution in [0.3, 0.4) is 0 Å². The van der Waals surface area contributed by atoms with Crippen molar-refractivity contribution in [3.63, 3.8) is 0 Å². The van der Waals surface area contributed by atoms with Crippen LogP contribution in [0, 0.1) is 20.6 Å². The molecule has 2 bridgehead atoms. The second kappa shape index (κ2) is 5.17. The summed E-state index contributed by atoms with van der Waals surface area (Å²) in [6.07, 6.45) is 7.41. The van der Waals surface area contributed by atoms with Crippen molar-refractivity contribution >= 4 is 33.9 Å². The molecule has 3 heteroatoms. The molecule has 2 aliphatic rings. The molecule has 17 heavy (non-hydrogen) atoms. The average Bonchev–Trinajstić information content (AvgIpc) is 3.01. The van der Waals surface area contributed by atoms with Crippen LogP contribution in [0.5, 0.6) is 0 Å². The molecule has 1 aromatic heterocycles. The third-order valence-electron chi connectivity index (χ3n) is 4.76. The highest BCUT2D eigenvalue weighted by atomic mass is 127. The molecule has 94 valence electrons. The van der Waals surface area contributed by atoms with Gasteiger partial charge in [0.25, 0.3) is 0 Å². The second-order valence-corrected chi connectivity index (χ2v) is 8.50. The largest absolute Gasteiger partial charge is 0.313 e. The van der Waals surface area contributed by atoms with E-state index in [0.29, 0.717) is 6.04 Å². The third kappa shape index (κ3) is 2.56. The van der Waals surface area contributed by atoms with Gasteiger partial charge in [0.05, 0.1) is 2.88 Å². The zero-order valence-corrected chi connectivity index (χ0v) is 13.3. The molecule has 1 N–H and O–H groups in total. The quantitative estimate of drug-likeness (QED) is 0.782. The molecule has 1 nitrogen and oxygen atoms in total. The van der Waals surface area contributed by atoms with Crippen molar-refractivity contribution in [2.75, 3.05) is 7.05 Å². The topological polar surface area (TPSA) is 12.0 Å². The fourth-order valence-corrected chi connectivity index (χ4v) is 5.32. The molecule has 0 spiro atoms. The van der Waals surface area contributed by atoms with Crippen LogP contribution in [0.1, 0.15) is 43.7 Å². The molecule has 2 aliphatic carbocycles. The minimum Gasteiger partial charge on any atom is -0.313 e. The van der Waals surface area contributed by atoms with Crippen molar-refractivity contribution in [1.82, 2.24) is 5.32 Å². The average molecular weight is 361 g/mol. The summed E-state index contributed by atoms with van der Waals surface area (Å²) in [4.78, 5) is 0. The lowest BCUT2D eigenvalue weighted by molar-refractivity contribution is 0.284. The minimum atomic E-state index is 0.583. The van der Waals surface area contributed by atoms with Crippen LogP contribution in [0.2, 0.25) is 0 Å². The molecule has 1 aromatic rings. The number of thiophene rings is 1. The van der Waals surface area contributed by atoms with E-state index in [2.05, 4.69) is 46.4 Å². The summed E-state index contributed by atoms with van der Waals surface area (Å²) in [5.41, 5.74) is 1.50. The Balaban J connectivity index is 1.66. The van der Waals surface area contributed by atoms with Crippen LogP contribution in [-0.2, 0) is 0 Å². The fourth-order valence-electron chi connectivity index (χ4n) is 3.89. The van der Waals surface area contributed by atoms with Gasteiger partial charge in [-0.05, 0) is 90.1 Å². The molecular weight excluding hydrogens is 341 g/mol. The van der Waals surface area contributed by atoms with E-state index in [1.807, 2.05) is 11.3 Å². The van der Waals surface area contributed by atoms with Crippen molar-refractivity contribution in [3.05, 3.63) is 19.9 Å². The molecule has 0 aliphatic heterocycles. The monoisotopic (exact) mass is 361 g/mol. The van der Waals surface area contributed by atoms with Crippen molar-refractivity contribution in [3.8, 4) is 0 Å². The van der Waals surface area contributed by atoms with E-state index in [9.17, 15) is 0 Å². The normalized spacial score (nSPS) is 33.2. The third-order valence-corrected chi connectivity index (χ3v) is 6.57. The molecular formula is C14H20INS. The SMILES string of the molecule is CNC(CC1CC2CCC1C2)c1csc(I)c1. The zero-order chi connectivity index (χ0) is 11.8. The van der Waals surface area contributed by atoms with Gasteiger partial charge in [-0.15, -0.1) is 11.3 Å². The molecule has 3 rings (SSSR count). The molecule has 4 unspecified atom stereocenters. The molecule has 2 saturated carbocycles. The molecule has 2 fully saturated rings. The van der Waals surface area contributed by atoms with Crippen LogP contribution in [-0.4, -0.2) is 7.05 Å². The van der Waals surface area contributed by atoms with E-state index in [4.69, 9.17) is 0 Å². The highest BCUT2D eigenvalue weighted by Crippen LogP contribution is 2.51. The number of rotatable bonds is 4. The molecule has 1 heterocycles. The summed E-state index contributed by atoms with van der Waals surface area (Å²) in [5, 5.41) is 5.85. The summed E-state index contributed by atoms with van der Waals surface area (Å²) in [5.74, 6) is 3.11. The Morgan fingerprint density at radius 2 is 2.35 bits per heavy atom. The van der Waals surface area contributed by atoms with E-state index in [1.54, 1.807) is 0 Å². The Hall–Kier alpha value is 0.390. The Bertz CT molecular complexity index is 389. The smallest absolute Gasteiger partial charge is 0.0656 e. The van der Waals surface area contributed by atoms with Gasteiger partial charge in [-0.1, -0.05) is 6.42 Å². The van der Waals surface area contributed by atoms with Crippen LogP contribution >= 0.6 is 33.9 Å². The maximum absolute atomic E-state index is 3.52. The van der Waals surface area contributed by atoms with Crippen molar-refractivity contribution in [2.45, 2.75) is 38.1 Å². The first-order chi connectivity index (χ1) is 8.26. The van der Waals surface area contributed by atoms with Crippen LogP contribution < -0.4 is 5.32 Å². The Kier molecular flexibility index (Phi) is 3.78. The standard InChI is InChI=1S/C14H20INS/c1-16-13(12-7-14(15)17-8-12)6-11-5-9-2-3-10(11)4-9/h7-11,13,16H,2-6H2,1H3. The van der Waals surface area contributed by atoms with Gasteiger partial charge in [0.15, 0.2) is 0 Å². The van der Waals surface area contributed by atoms with Gasteiger partial charge in [-0.2, -0.15) is 0 Å². The lowest BCUT2D eigenvalue weighted by atomic mass is 9.83. The van der Waals surface area contributed by atoms with E-state index in [-0.39, 0.29) is 0 Å². The Labute approximate surface area is 122 Å². The number of nitrogens with one attached hydrogen (secondary N) is 1. The molecule has 0 amide bonds. The van der Waals surface area contributed by atoms with E-state index in [0.717, 1.165) is 17.8 Å². The lowest BCUT2D eigenvalue weighted by Crippen LogP contribution is -2.22. The summed E-state index contributed by atoms with van der Waals surface area (Å²) in [6, 6.07) is 2.93. The number of hydrogen-bond acceptors (Lipinski definition) is 2. The van der Waals surface area contributed by atoms with E-state index >= 15 is 0 Å². The van der Waals surface area contributed by atoms with Crippen LogP contribution in [0.4, 0.5) is 0 Å². The highest BCUT2D eigenvalue weighted by molar-refractivity contribution is 14.1. The maximum Gasteiger partial charge on any atom is 0.0656 e. The highest BCUT2D eigenvalue weighted by Gasteiger charge is 2.40. The fraction of sp³-hybridized carbons (Fsp3) is 0.714. The molecule has 4 atom stereocenters. The predicted molar refractivity (Wildman–Crippen MR) is 82.4 cm³/mol. The van der Waals surface area contributed by atoms with Crippen molar-refractivity contribution < 1.29 is 0 Å². The maximum atomic E-state index is 3.52. The first kappa shape index (κ1) is 12.4. The van der Waals surface area contributed by atoms with Crippen molar-refractivity contribution in [2.24, 2.45) is 17.8 Å². The number of hydrogen-bond donors (Lipinski definition) is 1. The summed E-state index contributed by atoms with van der Waals surface area (Å²) in [6.45, 7) is 0. The Morgan fingerprint density at radius 1 is 1.47 bits per heavy atom. The number of fused-ring (bicyclic) bond motifs is 2. The van der Waals surface area contributed by atoms with Crippen LogP contribution in [0.25, 0.3) is 0 Å². The van der Waals surface area contributed by atoms with Gasteiger partial charge in [0.1, 0.15) is 0 Å². The van der Waals surface area contributed by atoms with E-state index in [1.165, 1.54) is 40.6 Å². The van der Waals surface area contributed by atoms with Gasteiger partial charge < -0.3 is 5.32 Å². The van der Waals surface area contributed by atoms with Gasteiger partial charge in [0, 0.05) is 6.04 Å². The Morgan fingerprint density at radius 3 is 2.88 bits per heavy atom. The summed E-state index contributed by atoms with van der Waals surface area (Å²) >= 11 is 4.29. The minimum absolute atomic E-state index is 0.583. The van der Waals surface area contributed by atoms with Gasteiger partial charge in [-0.3, -0.25) is 0 Å². The lowest BCUT2D eigenvalue weighted by Gasteiger charge is -2.26. The van der Waals surface area contributed by atoms with Crippen LogP contribution in [0.15, 0.2) is 11.4 Å². The predicted octanol–water partition coefficient (Wildman–Crippen LogP) is 4.44. The van der Waals surface area contributed by atoms with Gasteiger partial charge in [0.2, 0.25) is 0 Å².